The molecule has 33 heavy (non-hydrogen) atoms. The van der Waals surface area contributed by atoms with E-state index in [4.69, 9.17) is 9.29 Å². The first kappa shape index (κ1) is 26.1. The molecule has 0 aliphatic heterocycles. The van der Waals surface area contributed by atoms with Crippen molar-refractivity contribution in [3.05, 3.63) is 54.1 Å². The van der Waals surface area contributed by atoms with Crippen molar-refractivity contribution in [2.24, 2.45) is 0 Å². The first-order valence-electron chi connectivity index (χ1n) is 8.60. The van der Waals surface area contributed by atoms with E-state index < -0.39 is 51.3 Å². The summed E-state index contributed by atoms with van der Waals surface area (Å²) in [5.41, 5.74) is -6.20. The molecule has 0 radical (unpaired) electrons. The SMILES string of the molecule is C=C(C)C(=O)Oc1ccc2cc(C(=O)OC(CS(=O)(=O)O)(C(F)(F)F)C(F)(F)F)ccc2c1. The molecule has 0 atom stereocenters. The maximum atomic E-state index is 13.3. The summed E-state index contributed by atoms with van der Waals surface area (Å²) in [7, 11) is -5.90. The first-order valence-corrected chi connectivity index (χ1v) is 10.2. The van der Waals surface area contributed by atoms with E-state index in [9.17, 15) is 44.3 Å². The molecule has 0 aliphatic carbocycles. The molecule has 0 bridgehead atoms. The summed E-state index contributed by atoms with van der Waals surface area (Å²) in [6, 6.07) is 6.63. The average molecular weight is 500 g/mol. The normalized spacial score (nSPS) is 13.0. The van der Waals surface area contributed by atoms with Crippen LogP contribution in [0.25, 0.3) is 10.8 Å². The molecule has 2 rings (SSSR count). The Balaban J connectivity index is 2.46. The molecule has 0 unspecified atom stereocenters. The lowest BCUT2D eigenvalue weighted by Crippen LogP contribution is -2.63. The average Bonchev–Trinajstić information content (AvgIpc) is 2.63. The van der Waals surface area contributed by atoms with E-state index in [0.29, 0.717) is 0 Å². The Kier molecular flexibility index (Phi) is 6.86. The third kappa shape index (κ3) is 5.82. The van der Waals surface area contributed by atoms with Gasteiger partial charge in [0.25, 0.3) is 10.1 Å². The Hall–Kier alpha value is -3.13. The lowest BCUT2D eigenvalue weighted by Gasteiger charge is -2.35. The van der Waals surface area contributed by atoms with Crippen LogP contribution in [0.2, 0.25) is 0 Å². The summed E-state index contributed by atoms with van der Waals surface area (Å²) in [6.07, 6.45) is -12.9. The standard InChI is InChI=1S/C19H14F6O7S/c1-10(2)15(26)31-14-6-5-11-7-13(4-3-12(11)8-14)16(27)32-17(18(20,21)22,19(23,24)25)9-33(28,29)30/h3-8H,1,9H2,2H3,(H,28,29,30). The molecule has 2 aromatic carbocycles. The van der Waals surface area contributed by atoms with Crippen molar-refractivity contribution in [1.29, 1.82) is 0 Å². The van der Waals surface area contributed by atoms with Crippen LogP contribution in [0.3, 0.4) is 0 Å². The number of rotatable bonds is 6. The van der Waals surface area contributed by atoms with Crippen LogP contribution in [-0.4, -0.2) is 48.6 Å². The van der Waals surface area contributed by atoms with E-state index in [2.05, 4.69) is 11.3 Å². The molecule has 0 aromatic heterocycles. The fraction of sp³-hybridized carbons (Fsp3) is 0.263. The minimum absolute atomic E-state index is 0.0483. The molecule has 7 nitrogen and oxygen atoms in total. The second kappa shape index (κ2) is 8.67. The van der Waals surface area contributed by atoms with Gasteiger partial charge in [-0.2, -0.15) is 34.8 Å². The molecule has 0 aliphatic rings. The lowest BCUT2D eigenvalue weighted by atomic mass is 10.0. The molecular formula is C19H14F6O7S. The Morgan fingerprint density at radius 1 is 0.970 bits per heavy atom. The second-order valence-corrected chi connectivity index (χ2v) is 8.28. The number of fused-ring (bicyclic) bond motifs is 1. The fourth-order valence-electron chi connectivity index (χ4n) is 2.55. The molecule has 0 saturated heterocycles. The Bertz CT molecular complexity index is 1200. The Morgan fingerprint density at radius 2 is 1.48 bits per heavy atom. The lowest BCUT2D eigenvalue weighted by molar-refractivity contribution is -0.356. The third-order valence-electron chi connectivity index (χ3n) is 4.17. The van der Waals surface area contributed by atoms with Crippen molar-refractivity contribution in [2.75, 3.05) is 5.75 Å². The quantitative estimate of drug-likeness (QED) is 0.208. The Labute approximate surface area is 182 Å². The second-order valence-electron chi connectivity index (χ2n) is 6.83. The van der Waals surface area contributed by atoms with Crippen LogP contribution in [0.4, 0.5) is 26.3 Å². The van der Waals surface area contributed by atoms with Gasteiger partial charge >= 0.3 is 29.9 Å². The number of esters is 2. The zero-order valence-electron chi connectivity index (χ0n) is 16.5. The van der Waals surface area contributed by atoms with Crippen molar-refractivity contribution in [3.8, 4) is 5.75 Å². The minimum atomic E-state index is -6.43. The molecule has 1 N–H and O–H groups in total. The molecular weight excluding hydrogens is 486 g/mol. The summed E-state index contributed by atoms with van der Waals surface area (Å²) in [4.78, 5) is 23.8. The van der Waals surface area contributed by atoms with E-state index in [1.807, 2.05) is 0 Å². The third-order valence-corrected chi connectivity index (χ3v) is 4.95. The summed E-state index contributed by atoms with van der Waals surface area (Å²) in [6.45, 7) is 4.78. The van der Waals surface area contributed by atoms with E-state index >= 15 is 0 Å². The molecule has 14 heteroatoms. The van der Waals surface area contributed by atoms with Crippen LogP contribution in [0.15, 0.2) is 48.6 Å². The van der Waals surface area contributed by atoms with Gasteiger partial charge in [0.15, 0.2) is 0 Å². The number of hydrogen-bond donors (Lipinski definition) is 1. The molecule has 0 fully saturated rings. The fourth-order valence-corrected chi connectivity index (χ4v) is 3.45. The number of alkyl halides is 6. The molecule has 180 valence electrons. The van der Waals surface area contributed by atoms with Crippen LogP contribution >= 0.6 is 0 Å². The zero-order chi connectivity index (χ0) is 25.4. The summed E-state index contributed by atoms with van der Waals surface area (Å²) in [5, 5.41) is 0.424. The van der Waals surface area contributed by atoms with Crippen molar-refractivity contribution in [3.63, 3.8) is 0 Å². The zero-order valence-corrected chi connectivity index (χ0v) is 17.3. The van der Waals surface area contributed by atoms with Crippen LogP contribution in [0.1, 0.15) is 17.3 Å². The van der Waals surface area contributed by atoms with Crippen LogP contribution in [0, 0.1) is 0 Å². The van der Waals surface area contributed by atoms with Crippen molar-refractivity contribution >= 4 is 32.8 Å². The van der Waals surface area contributed by atoms with Crippen molar-refractivity contribution < 1.29 is 58.4 Å². The first-order chi connectivity index (χ1) is 14.9. The number of carbonyl (C=O) groups excluding carboxylic acids is 2. The molecule has 0 saturated carbocycles. The highest BCUT2D eigenvalue weighted by atomic mass is 32.2. The maximum Gasteiger partial charge on any atom is 0.438 e. The van der Waals surface area contributed by atoms with Crippen molar-refractivity contribution in [2.45, 2.75) is 24.9 Å². The number of benzene rings is 2. The monoisotopic (exact) mass is 500 g/mol. The highest BCUT2D eigenvalue weighted by molar-refractivity contribution is 7.85. The van der Waals surface area contributed by atoms with Gasteiger partial charge in [0.1, 0.15) is 11.5 Å². The van der Waals surface area contributed by atoms with Crippen LogP contribution in [-0.2, 0) is 19.6 Å². The summed E-state index contributed by atoms with van der Waals surface area (Å²) >= 11 is 0. The number of hydrogen-bond acceptors (Lipinski definition) is 6. The molecule has 0 spiro atoms. The molecule has 0 heterocycles. The number of ether oxygens (including phenoxy) is 2. The Morgan fingerprint density at radius 3 is 1.97 bits per heavy atom. The van der Waals surface area contributed by atoms with Crippen molar-refractivity contribution in [1.82, 2.24) is 0 Å². The van der Waals surface area contributed by atoms with Crippen LogP contribution in [0.5, 0.6) is 5.75 Å². The van der Waals surface area contributed by atoms with Gasteiger partial charge in [0, 0.05) is 5.57 Å². The largest absolute Gasteiger partial charge is 0.438 e. The summed E-state index contributed by atoms with van der Waals surface area (Å²) < 4.78 is 119. The predicted molar refractivity (Wildman–Crippen MR) is 101 cm³/mol. The highest BCUT2D eigenvalue weighted by Gasteiger charge is 2.76. The van der Waals surface area contributed by atoms with E-state index in [0.717, 1.165) is 18.2 Å². The van der Waals surface area contributed by atoms with Gasteiger partial charge in [-0.05, 0) is 42.0 Å². The number of halogens is 6. The topological polar surface area (TPSA) is 107 Å². The minimum Gasteiger partial charge on any atom is -0.435 e. The van der Waals surface area contributed by atoms with E-state index in [1.165, 1.54) is 25.1 Å². The van der Waals surface area contributed by atoms with Gasteiger partial charge in [0.05, 0.1) is 5.56 Å². The van der Waals surface area contributed by atoms with Gasteiger partial charge in [-0.25, -0.2) is 9.59 Å². The van der Waals surface area contributed by atoms with Gasteiger partial charge < -0.3 is 9.47 Å². The number of carbonyl (C=O) groups is 2. The summed E-state index contributed by atoms with van der Waals surface area (Å²) in [5.74, 6) is -5.83. The maximum absolute atomic E-state index is 13.3. The van der Waals surface area contributed by atoms with Gasteiger partial charge in [0.2, 0.25) is 0 Å². The highest BCUT2D eigenvalue weighted by Crippen LogP contribution is 2.47. The van der Waals surface area contributed by atoms with Gasteiger partial charge in [-0.3, -0.25) is 4.55 Å². The van der Waals surface area contributed by atoms with Gasteiger partial charge in [-0.15, -0.1) is 0 Å². The molecule has 2 aromatic rings. The van der Waals surface area contributed by atoms with Gasteiger partial charge in [-0.1, -0.05) is 18.7 Å². The van der Waals surface area contributed by atoms with E-state index in [-0.39, 0.29) is 22.1 Å². The molecule has 0 amide bonds. The smallest absolute Gasteiger partial charge is 0.435 e. The predicted octanol–water partition coefficient (Wildman–Crippen LogP) is 4.23. The van der Waals surface area contributed by atoms with Crippen LogP contribution < -0.4 is 4.74 Å². The van der Waals surface area contributed by atoms with E-state index in [1.54, 1.807) is 0 Å².